The number of aryl methyl sites for hydroxylation is 2. The summed E-state index contributed by atoms with van der Waals surface area (Å²) >= 11 is 0. The van der Waals surface area contributed by atoms with E-state index < -0.39 is 0 Å². The Morgan fingerprint density at radius 1 is 1.38 bits per heavy atom. The van der Waals surface area contributed by atoms with Gasteiger partial charge in [0.2, 0.25) is 0 Å². The SMILES string of the molecule is Cc1cc(O)ccc1NCc1ccnn1C. The van der Waals surface area contributed by atoms with E-state index in [1.54, 1.807) is 18.3 Å². The Bertz CT molecular complexity index is 491. The van der Waals surface area contributed by atoms with Gasteiger partial charge in [-0.2, -0.15) is 5.10 Å². The second-order valence-electron chi connectivity index (χ2n) is 3.80. The Morgan fingerprint density at radius 2 is 2.19 bits per heavy atom. The molecule has 1 heterocycles. The van der Waals surface area contributed by atoms with Crippen molar-refractivity contribution in [2.24, 2.45) is 7.05 Å². The van der Waals surface area contributed by atoms with E-state index in [1.807, 2.05) is 30.8 Å². The van der Waals surface area contributed by atoms with E-state index in [2.05, 4.69) is 10.4 Å². The third-order valence-electron chi connectivity index (χ3n) is 2.59. The van der Waals surface area contributed by atoms with Gasteiger partial charge in [-0.15, -0.1) is 0 Å². The van der Waals surface area contributed by atoms with Gasteiger partial charge in [0, 0.05) is 18.9 Å². The van der Waals surface area contributed by atoms with Crippen LogP contribution in [-0.2, 0) is 13.6 Å². The molecule has 2 aromatic rings. The van der Waals surface area contributed by atoms with Crippen LogP contribution < -0.4 is 5.32 Å². The lowest BCUT2D eigenvalue weighted by Gasteiger charge is -2.09. The molecule has 0 saturated heterocycles. The number of hydrogen-bond donors (Lipinski definition) is 2. The Hall–Kier alpha value is -1.97. The molecule has 0 atom stereocenters. The number of aromatic hydroxyl groups is 1. The lowest BCUT2D eigenvalue weighted by atomic mass is 10.2. The van der Waals surface area contributed by atoms with Gasteiger partial charge in [0.15, 0.2) is 0 Å². The lowest BCUT2D eigenvalue weighted by molar-refractivity contribution is 0.475. The van der Waals surface area contributed by atoms with E-state index >= 15 is 0 Å². The summed E-state index contributed by atoms with van der Waals surface area (Å²) in [6, 6.07) is 7.27. The van der Waals surface area contributed by atoms with Gasteiger partial charge in [0.05, 0.1) is 12.2 Å². The van der Waals surface area contributed by atoms with Gasteiger partial charge in [-0.1, -0.05) is 0 Å². The Kier molecular flexibility index (Phi) is 2.81. The first-order valence-electron chi connectivity index (χ1n) is 5.17. The molecule has 0 bridgehead atoms. The number of nitrogens with one attached hydrogen (secondary N) is 1. The van der Waals surface area contributed by atoms with Crippen molar-refractivity contribution in [1.29, 1.82) is 0 Å². The van der Waals surface area contributed by atoms with Crippen LogP contribution in [0.5, 0.6) is 5.75 Å². The molecule has 0 radical (unpaired) electrons. The van der Waals surface area contributed by atoms with Gasteiger partial charge >= 0.3 is 0 Å². The minimum Gasteiger partial charge on any atom is -0.508 e. The zero-order chi connectivity index (χ0) is 11.5. The first kappa shape index (κ1) is 10.5. The largest absolute Gasteiger partial charge is 0.508 e. The molecule has 84 valence electrons. The number of phenols is 1. The van der Waals surface area contributed by atoms with Crippen LogP contribution in [0.25, 0.3) is 0 Å². The second-order valence-corrected chi connectivity index (χ2v) is 3.80. The maximum atomic E-state index is 9.29. The van der Waals surface area contributed by atoms with Crippen LogP contribution in [0.3, 0.4) is 0 Å². The molecule has 2 N–H and O–H groups in total. The molecule has 1 aromatic carbocycles. The van der Waals surface area contributed by atoms with Crippen LogP contribution in [-0.4, -0.2) is 14.9 Å². The van der Waals surface area contributed by atoms with Gasteiger partial charge in [-0.05, 0) is 36.8 Å². The fraction of sp³-hybridized carbons (Fsp3) is 0.250. The molecule has 4 heteroatoms. The molecule has 0 unspecified atom stereocenters. The number of hydrogen-bond acceptors (Lipinski definition) is 3. The highest BCUT2D eigenvalue weighted by molar-refractivity contribution is 5.53. The minimum absolute atomic E-state index is 0.295. The van der Waals surface area contributed by atoms with Crippen LogP contribution in [0.2, 0.25) is 0 Å². The van der Waals surface area contributed by atoms with Gasteiger partial charge in [-0.3, -0.25) is 4.68 Å². The van der Waals surface area contributed by atoms with Crippen LogP contribution in [0.15, 0.2) is 30.5 Å². The minimum atomic E-state index is 0.295. The van der Waals surface area contributed by atoms with Crippen LogP contribution in [0.4, 0.5) is 5.69 Å². The predicted octanol–water partition coefficient (Wildman–Crippen LogP) is 2.05. The van der Waals surface area contributed by atoms with Crippen molar-refractivity contribution in [2.45, 2.75) is 13.5 Å². The van der Waals surface area contributed by atoms with Crippen molar-refractivity contribution in [1.82, 2.24) is 9.78 Å². The van der Waals surface area contributed by atoms with E-state index in [0.717, 1.165) is 23.5 Å². The molecular formula is C12H15N3O. The van der Waals surface area contributed by atoms with Crippen LogP contribution in [0, 0.1) is 6.92 Å². The summed E-state index contributed by atoms with van der Waals surface area (Å²) in [5.74, 6) is 0.295. The average molecular weight is 217 g/mol. The fourth-order valence-electron chi connectivity index (χ4n) is 1.61. The normalized spacial score (nSPS) is 10.4. The van der Waals surface area contributed by atoms with Crippen molar-refractivity contribution in [2.75, 3.05) is 5.32 Å². The summed E-state index contributed by atoms with van der Waals surface area (Å²) in [7, 11) is 1.92. The summed E-state index contributed by atoms with van der Waals surface area (Å²) in [5, 5.41) is 16.7. The number of benzene rings is 1. The molecular weight excluding hydrogens is 202 g/mol. The van der Waals surface area contributed by atoms with E-state index in [4.69, 9.17) is 0 Å². The third kappa shape index (κ3) is 2.16. The molecule has 0 aliphatic heterocycles. The maximum Gasteiger partial charge on any atom is 0.115 e. The van der Waals surface area contributed by atoms with Gasteiger partial charge < -0.3 is 10.4 Å². The summed E-state index contributed by atoms with van der Waals surface area (Å²) in [6.07, 6.45) is 1.78. The van der Waals surface area contributed by atoms with E-state index in [1.165, 1.54) is 0 Å². The van der Waals surface area contributed by atoms with E-state index in [-0.39, 0.29) is 0 Å². The third-order valence-corrected chi connectivity index (χ3v) is 2.59. The summed E-state index contributed by atoms with van der Waals surface area (Å²) in [4.78, 5) is 0. The number of rotatable bonds is 3. The van der Waals surface area contributed by atoms with Crippen molar-refractivity contribution in [3.05, 3.63) is 41.7 Å². The number of nitrogens with zero attached hydrogens (tertiary/aromatic N) is 2. The molecule has 0 fully saturated rings. The topological polar surface area (TPSA) is 50.1 Å². The molecule has 1 aromatic heterocycles. The number of phenolic OH excluding ortho intramolecular Hbond substituents is 1. The quantitative estimate of drug-likeness (QED) is 0.773. The predicted molar refractivity (Wildman–Crippen MR) is 63.4 cm³/mol. The molecule has 4 nitrogen and oxygen atoms in total. The lowest BCUT2D eigenvalue weighted by Crippen LogP contribution is -2.06. The smallest absolute Gasteiger partial charge is 0.115 e. The first-order chi connectivity index (χ1) is 7.66. The Morgan fingerprint density at radius 3 is 2.81 bits per heavy atom. The standard InChI is InChI=1S/C12H15N3O/c1-9-7-11(16)3-4-12(9)13-8-10-5-6-14-15(10)2/h3-7,13,16H,8H2,1-2H3. The maximum absolute atomic E-state index is 9.29. The molecule has 0 amide bonds. The first-order valence-corrected chi connectivity index (χ1v) is 5.17. The van der Waals surface area contributed by atoms with Gasteiger partial charge in [0.1, 0.15) is 5.75 Å². The zero-order valence-corrected chi connectivity index (χ0v) is 9.44. The molecule has 16 heavy (non-hydrogen) atoms. The number of aromatic nitrogens is 2. The van der Waals surface area contributed by atoms with Crippen molar-refractivity contribution < 1.29 is 5.11 Å². The highest BCUT2D eigenvalue weighted by Crippen LogP contribution is 2.20. The zero-order valence-electron chi connectivity index (χ0n) is 9.44. The van der Waals surface area contributed by atoms with E-state index in [9.17, 15) is 5.11 Å². The molecule has 2 rings (SSSR count). The summed E-state index contributed by atoms with van der Waals surface area (Å²) < 4.78 is 1.84. The van der Waals surface area contributed by atoms with Crippen LogP contribution in [0.1, 0.15) is 11.3 Å². The molecule has 0 aliphatic carbocycles. The van der Waals surface area contributed by atoms with Crippen LogP contribution >= 0.6 is 0 Å². The Labute approximate surface area is 94.5 Å². The summed E-state index contributed by atoms with van der Waals surface area (Å²) in [6.45, 7) is 2.69. The second kappa shape index (κ2) is 4.26. The molecule has 0 spiro atoms. The van der Waals surface area contributed by atoms with Gasteiger partial charge in [-0.25, -0.2) is 0 Å². The van der Waals surface area contributed by atoms with E-state index in [0.29, 0.717) is 5.75 Å². The van der Waals surface area contributed by atoms with Crippen molar-refractivity contribution >= 4 is 5.69 Å². The molecule has 0 saturated carbocycles. The van der Waals surface area contributed by atoms with Crippen molar-refractivity contribution in [3.63, 3.8) is 0 Å². The highest BCUT2D eigenvalue weighted by Gasteiger charge is 2.01. The number of anilines is 1. The van der Waals surface area contributed by atoms with Gasteiger partial charge in [0.25, 0.3) is 0 Å². The molecule has 0 aliphatic rings. The highest BCUT2D eigenvalue weighted by atomic mass is 16.3. The summed E-state index contributed by atoms with van der Waals surface area (Å²) in [5.41, 5.74) is 3.17. The van der Waals surface area contributed by atoms with Crippen molar-refractivity contribution in [3.8, 4) is 5.75 Å². The average Bonchev–Trinajstić information content (AvgIpc) is 2.63. The fourth-order valence-corrected chi connectivity index (χ4v) is 1.61. The Balaban J connectivity index is 2.08. The monoisotopic (exact) mass is 217 g/mol.